The van der Waals surface area contributed by atoms with Gasteiger partial charge in [0.15, 0.2) is 12.1 Å². The molecule has 0 aromatic carbocycles. The second-order valence-electron chi connectivity index (χ2n) is 5.03. The van der Waals surface area contributed by atoms with Crippen molar-refractivity contribution < 1.29 is 60.6 Å². The van der Waals surface area contributed by atoms with Gasteiger partial charge in [-0.25, -0.2) is 0 Å². The highest BCUT2D eigenvalue weighted by atomic mass is 16.6. The van der Waals surface area contributed by atoms with E-state index in [2.05, 4.69) is 4.74 Å². The molecule has 0 amide bonds. The van der Waals surface area contributed by atoms with E-state index in [9.17, 15) is 4.79 Å². The zero-order chi connectivity index (χ0) is 19.0. The Hall–Kier alpha value is -0.770. The number of rotatable bonds is 6. The number of ether oxygens (including phenoxy) is 1. The Morgan fingerprint density at radius 2 is 1.46 bits per heavy atom. The molecule has 1 aliphatic rings. The standard InChI is InChI=1S/2C6H12O6/c7-1-2-3(8)4(9)5(10)6(11)12-2;7-1-3(9)5(11)6(12)4(10)2-8/h2-11H,1H2;3,5-9,11-12H,1-2H2/t;3-,5-,6+/m.0/s1. The highest BCUT2D eigenvalue weighted by molar-refractivity contribution is 5.84. The van der Waals surface area contributed by atoms with Crippen molar-refractivity contribution in [1.82, 2.24) is 0 Å². The maximum atomic E-state index is 10.5. The van der Waals surface area contributed by atoms with Gasteiger partial charge >= 0.3 is 0 Å². The molecule has 0 aromatic heterocycles. The first-order valence-corrected chi connectivity index (χ1v) is 6.89. The quantitative estimate of drug-likeness (QED) is 0.213. The number of ketones is 1. The van der Waals surface area contributed by atoms with E-state index < -0.39 is 74.6 Å². The number of aliphatic hydroxyl groups excluding tert-OH is 10. The van der Waals surface area contributed by atoms with Gasteiger partial charge in [0, 0.05) is 0 Å². The van der Waals surface area contributed by atoms with Crippen molar-refractivity contribution in [1.29, 1.82) is 0 Å². The summed E-state index contributed by atoms with van der Waals surface area (Å²) in [5.41, 5.74) is 0. The number of carbonyl (C=O) groups is 1. The van der Waals surface area contributed by atoms with Gasteiger partial charge in [-0.05, 0) is 0 Å². The van der Waals surface area contributed by atoms with E-state index in [1.807, 2.05) is 0 Å². The topological polar surface area (TPSA) is 229 Å². The fourth-order valence-electron chi connectivity index (χ4n) is 1.68. The third-order valence-corrected chi connectivity index (χ3v) is 3.26. The lowest BCUT2D eigenvalue weighted by molar-refractivity contribution is -0.286. The first-order chi connectivity index (χ1) is 11.1. The van der Waals surface area contributed by atoms with Gasteiger partial charge in [0.25, 0.3) is 0 Å². The Morgan fingerprint density at radius 1 is 0.917 bits per heavy atom. The fourth-order valence-corrected chi connectivity index (χ4v) is 1.68. The normalized spacial score (nSPS) is 33.8. The van der Waals surface area contributed by atoms with Crippen LogP contribution in [0.2, 0.25) is 0 Å². The molecule has 0 bridgehead atoms. The van der Waals surface area contributed by atoms with Gasteiger partial charge in [0.1, 0.15) is 49.3 Å². The number of Topliss-reactive ketones (excluding diaryl/α,β-unsaturated/α-hetero) is 1. The number of hydrogen-bond acceptors (Lipinski definition) is 12. The van der Waals surface area contributed by atoms with Gasteiger partial charge in [0.2, 0.25) is 0 Å². The number of hydrogen-bond donors (Lipinski definition) is 10. The zero-order valence-corrected chi connectivity index (χ0v) is 12.5. The van der Waals surface area contributed by atoms with Crippen molar-refractivity contribution in [2.75, 3.05) is 19.8 Å². The molecule has 0 radical (unpaired) electrons. The average Bonchev–Trinajstić information content (AvgIpc) is 2.60. The molecule has 12 nitrogen and oxygen atoms in total. The van der Waals surface area contributed by atoms with E-state index in [1.54, 1.807) is 0 Å². The third-order valence-electron chi connectivity index (χ3n) is 3.26. The lowest BCUT2D eigenvalue weighted by Crippen LogP contribution is -2.58. The predicted octanol–water partition coefficient (Wildman–Crippen LogP) is -6.60. The minimum Gasteiger partial charge on any atom is -0.394 e. The summed E-state index contributed by atoms with van der Waals surface area (Å²) in [4.78, 5) is 10.5. The second kappa shape index (κ2) is 11.0. The summed E-state index contributed by atoms with van der Waals surface area (Å²) in [6.07, 6.45) is -12.3. The Kier molecular flexibility index (Phi) is 10.6. The predicted molar refractivity (Wildman–Crippen MR) is 73.2 cm³/mol. The Labute approximate surface area is 136 Å². The van der Waals surface area contributed by atoms with Crippen LogP contribution in [0.15, 0.2) is 0 Å². The molecule has 12 heteroatoms. The SMILES string of the molecule is O=C(CO)[C@@H](O)[C@@H](O)[C@@H](O)CO.OCC1OC(O)C(O)C(O)C1O. The number of carbonyl (C=O) groups excluding carboxylic acids is 1. The minimum atomic E-state index is -1.86. The molecule has 0 aromatic rings. The molecule has 1 saturated heterocycles. The molecule has 0 aliphatic carbocycles. The summed E-state index contributed by atoms with van der Waals surface area (Å²) >= 11 is 0. The molecule has 1 heterocycles. The fraction of sp³-hybridized carbons (Fsp3) is 0.917. The molecule has 5 unspecified atom stereocenters. The van der Waals surface area contributed by atoms with Crippen molar-refractivity contribution >= 4 is 5.78 Å². The maximum Gasteiger partial charge on any atom is 0.189 e. The van der Waals surface area contributed by atoms with Gasteiger partial charge in [-0.1, -0.05) is 0 Å². The van der Waals surface area contributed by atoms with Crippen molar-refractivity contribution in [3.63, 3.8) is 0 Å². The molecule has 8 atom stereocenters. The lowest BCUT2D eigenvalue weighted by Gasteiger charge is -2.37. The second-order valence-corrected chi connectivity index (χ2v) is 5.03. The smallest absolute Gasteiger partial charge is 0.189 e. The van der Waals surface area contributed by atoms with Crippen LogP contribution in [0, 0.1) is 0 Å². The average molecular weight is 360 g/mol. The van der Waals surface area contributed by atoms with Gasteiger partial charge < -0.3 is 55.8 Å². The van der Waals surface area contributed by atoms with E-state index >= 15 is 0 Å². The van der Waals surface area contributed by atoms with Crippen LogP contribution in [-0.2, 0) is 9.53 Å². The Bertz CT molecular complexity index is 361. The van der Waals surface area contributed by atoms with Gasteiger partial charge in [-0.2, -0.15) is 0 Å². The first kappa shape index (κ1) is 23.2. The highest BCUT2D eigenvalue weighted by Crippen LogP contribution is 2.18. The van der Waals surface area contributed by atoms with E-state index in [0.29, 0.717) is 0 Å². The van der Waals surface area contributed by atoms with Crippen molar-refractivity contribution in [2.24, 2.45) is 0 Å². The molecule has 1 aliphatic heterocycles. The number of aliphatic hydroxyl groups is 10. The summed E-state index contributed by atoms with van der Waals surface area (Å²) in [5.74, 6) is -1.00. The third kappa shape index (κ3) is 6.27. The van der Waals surface area contributed by atoms with E-state index in [0.717, 1.165) is 0 Å². The van der Waals surface area contributed by atoms with Crippen LogP contribution in [-0.4, -0.2) is 126 Å². The van der Waals surface area contributed by atoms with Crippen LogP contribution < -0.4 is 0 Å². The molecule has 0 saturated carbocycles. The summed E-state index contributed by atoms with van der Waals surface area (Å²) in [5, 5.41) is 87.7. The van der Waals surface area contributed by atoms with Crippen LogP contribution >= 0.6 is 0 Å². The molecule has 10 N–H and O–H groups in total. The summed E-state index contributed by atoms with van der Waals surface area (Å²) in [6.45, 7) is -2.21. The van der Waals surface area contributed by atoms with Crippen molar-refractivity contribution in [3.8, 4) is 0 Å². The van der Waals surface area contributed by atoms with Crippen LogP contribution in [0.25, 0.3) is 0 Å². The van der Waals surface area contributed by atoms with Crippen LogP contribution in [0.1, 0.15) is 0 Å². The molecular formula is C12H24O12. The molecule has 24 heavy (non-hydrogen) atoms. The van der Waals surface area contributed by atoms with Crippen LogP contribution in [0.4, 0.5) is 0 Å². The largest absolute Gasteiger partial charge is 0.394 e. The van der Waals surface area contributed by atoms with E-state index in [1.165, 1.54) is 0 Å². The van der Waals surface area contributed by atoms with Crippen molar-refractivity contribution in [3.05, 3.63) is 0 Å². The minimum absolute atomic E-state index is 0.526. The first-order valence-electron chi connectivity index (χ1n) is 6.89. The van der Waals surface area contributed by atoms with Crippen LogP contribution in [0.3, 0.4) is 0 Å². The lowest BCUT2D eigenvalue weighted by atomic mass is 10.00. The summed E-state index contributed by atoms with van der Waals surface area (Å²) in [6, 6.07) is 0. The molecule has 144 valence electrons. The summed E-state index contributed by atoms with van der Waals surface area (Å²) in [7, 11) is 0. The Morgan fingerprint density at radius 3 is 1.88 bits per heavy atom. The summed E-state index contributed by atoms with van der Waals surface area (Å²) < 4.78 is 4.58. The van der Waals surface area contributed by atoms with Gasteiger partial charge in [0.05, 0.1) is 13.2 Å². The molecule has 0 spiro atoms. The monoisotopic (exact) mass is 360 g/mol. The van der Waals surface area contributed by atoms with E-state index in [-0.39, 0.29) is 0 Å². The van der Waals surface area contributed by atoms with Gasteiger partial charge in [-0.3, -0.25) is 4.79 Å². The molecule has 1 fully saturated rings. The highest BCUT2D eigenvalue weighted by Gasteiger charge is 2.42. The molecular weight excluding hydrogens is 336 g/mol. The van der Waals surface area contributed by atoms with Crippen molar-refractivity contribution in [2.45, 2.75) is 49.0 Å². The van der Waals surface area contributed by atoms with E-state index in [4.69, 9.17) is 51.1 Å². The zero-order valence-electron chi connectivity index (χ0n) is 12.5. The maximum absolute atomic E-state index is 10.5. The van der Waals surface area contributed by atoms with Crippen LogP contribution in [0.5, 0.6) is 0 Å². The van der Waals surface area contributed by atoms with Gasteiger partial charge in [-0.15, -0.1) is 0 Å². The molecule has 1 rings (SSSR count). The Balaban J connectivity index is 0.000000441.